The van der Waals surface area contributed by atoms with Crippen LogP contribution in [0.25, 0.3) is 5.69 Å². The Hall–Kier alpha value is -2.31. The van der Waals surface area contributed by atoms with Crippen molar-refractivity contribution in [2.75, 3.05) is 31.2 Å². The van der Waals surface area contributed by atoms with Crippen LogP contribution in [0.15, 0.2) is 53.7 Å². The maximum Gasteiger partial charge on any atom is 0.232 e. The summed E-state index contributed by atoms with van der Waals surface area (Å²) >= 11 is 1.73. The topological polar surface area (TPSA) is 43.2 Å². The van der Waals surface area contributed by atoms with Crippen molar-refractivity contribution in [3.8, 4) is 5.69 Å². The molecule has 1 aromatic heterocycles. The van der Waals surface area contributed by atoms with E-state index in [1.165, 1.54) is 16.7 Å². The average molecular weight is 381 g/mol. The Kier molecular flexibility index (Phi) is 5.45. The highest BCUT2D eigenvalue weighted by molar-refractivity contribution is 7.98. The predicted octanol–water partition coefficient (Wildman–Crippen LogP) is 4.01. The van der Waals surface area contributed by atoms with Gasteiger partial charge in [-0.2, -0.15) is 0 Å². The van der Waals surface area contributed by atoms with Gasteiger partial charge >= 0.3 is 0 Å². The molecular formula is C21H24N4OS. The lowest BCUT2D eigenvalue weighted by Crippen LogP contribution is -2.37. The van der Waals surface area contributed by atoms with Gasteiger partial charge in [-0.1, -0.05) is 59.3 Å². The fourth-order valence-corrected chi connectivity index (χ4v) is 4.30. The van der Waals surface area contributed by atoms with Crippen LogP contribution in [0.5, 0.6) is 0 Å². The van der Waals surface area contributed by atoms with Crippen molar-refractivity contribution in [2.24, 2.45) is 0 Å². The van der Waals surface area contributed by atoms with E-state index in [9.17, 15) is 0 Å². The predicted molar refractivity (Wildman–Crippen MR) is 110 cm³/mol. The lowest BCUT2D eigenvalue weighted by atomic mass is 10.1. The summed E-state index contributed by atoms with van der Waals surface area (Å²) < 4.78 is 7.66. The summed E-state index contributed by atoms with van der Waals surface area (Å²) in [5.41, 5.74) is 4.99. The molecule has 0 aliphatic carbocycles. The molecule has 0 atom stereocenters. The summed E-state index contributed by atoms with van der Waals surface area (Å²) in [6.45, 7) is 7.42. The van der Waals surface area contributed by atoms with Gasteiger partial charge in [-0.25, -0.2) is 0 Å². The van der Waals surface area contributed by atoms with Crippen LogP contribution in [0, 0.1) is 13.8 Å². The number of ether oxygens (including phenoxy) is 1. The quantitative estimate of drug-likeness (QED) is 0.626. The first-order chi connectivity index (χ1) is 13.2. The van der Waals surface area contributed by atoms with Crippen LogP contribution >= 0.6 is 11.8 Å². The number of morpholine rings is 1. The van der Waals surface area contributed by atoms with Crippen LogP contribution < -0.4 is 4.90 Å². The van der Waals surface area contributed by atoms with E-state index in [1.807, 2.05) is 6.07 Å². The van der Waals surface area contributed by atoms with E-state index >= 15 is 0 Å². The van der Waals surface area contributed by atoms with Crippen LogP contribution in [0.3, 0.4) is 0 Å². The largest absolute Gasteiger partial charge is 0.378 e. The van der Waals surface area contributed by atoms with Gasteiger partial charge in [0.1, 0.15) is 0 Å². The van der Waals surface area contributed by atoms with Gasteiger partial charge in [-0.3, -0.25) is 4.57 Å². The summed E-state index contributed by atoms with van der Waals surface area (Å²) in [5.74, 6) is 1.77. The Morgan fingerprint density at radius 2 is 1.67 bits per heavy atom. The number of aryl methyl sites for hydroxylation is 2. The lowest BCUT2D eigenvalue weighted by molar-refractivity contribution is 0.122. The molecule has 5 nitrogen and oxygen atoms in total. The molecule has 4 rings (SSSR count). The van der Waals surface area contributed by atoms with E-state index in [1.54, 1.807) is 11.8 Å². The molecular weight excluding hydrogens is 356 g/mol. The molecule has 1 aliphatic heterocycles. The molecule has 0 spiro atoms. The Morgan fingerprint density at radius 1 is 0.963 bits per heavy atom. The van der Waals surface area contributed by atoms with Crippen LogP contribution in [0.1, 0.15) is 16.7 Å². The number of nitrogens with zero attached hydrogens (tertiary/aromatic N) is 4. The Bertz CT molecular complexity index is 884. The Labute approximate surface area is 164 Å². The van der Waals surface area contributed by atoms with Gasteiger partial charge in [0.05, 0.1) is 18.9 Å². The van der Waals surface area contributed by atoms with Crippen molar-refractivity contribution in [1.29, 1.82) is 0 Å². The standard InChI is InChI=1S/C21H24N4OS/c1-16-12-17(2)14-18(13-16)15-27-21-23-22-20(24-8-10-26-11-9-24)25(21)19-6-4-3-5-7-19/h3-7,12-14H,8-11,15H2,1-2H3. The van der Waals surface area contributed by atoms with Gasteiger partial charge in [0.15, 0.2) is 5.16 Å². The molecule has 3 aromatic rings. The summed E-state index contributed by atoms with van der Waals surface area (Å²) in [7, 11) is 0. The molecule has 1 saturated heterocycles. The Morgan fingerprint density at radius 3 is 2.37 bits per heavy atom. The number of hydrogen-bond donors (Lipinski definition) is 0. The molecule has 0 unspecified atom stereocenters. The highest BCUT2D eigenvalue weighted by Crippen LogP contribution is 2.29. The van der Waals surface area contributed by atoms with Crippen LogP contribution in [-0.4, -0.2) is 41.1 Å². The molecule has 0 saturated carbocycles. The summed E-state index contributed by atoms with van der Waals surface area (Å²) in [6, 6.07) is 17.0. The molecule has 0 bridgehead atoms. The molecule has 27 heavy (non-hydrogen) atoms. The minimum Gasteiger partial charge on any atom is -0.378 e. The van der Waals surface area contributed by atoms with Crippen molar-refractivity contribution in [1.82, 2.24) is 14.8 Å². The first-order valence-corrected chi connectivity index (χ1v) is 10.2. The first-order valence-electron chi connectivity index (χ1n) is 9.24. The zero-order valence-electron chi connectivity index (χ0n) is 15.8. The van der Waals surface area contributed by atoms with Crippen LogP contribution in [-0.2, 0) is 10.5 Å². The van der Waals surface area contributed by atoms with Crippen molar-refractivity contribution < 1.29 is 4.74 Å². The van der Waals surface area contributed by atoms with E-state index in [4.69, 9.17) is 4.74 Å². The molecule has 0 N–H and O–H groups in total. The zero-order chi connectivity index (χ0) is 18.6. The number of anilines is 1. The molecule has 2 heterocycles. The average Bonchev–Trinajstić information content (AvgIpc) is 3.11. The third-order valence-corrected chi connectivity index (χ3v) is 5.57. The third-order valence-electron chi connectivity index (χ3n) is 4.57. The number of benzene rings is 2. The van der Waals surface area contributed by atoms with Gasteiger partial charge in [0, 0.05) is 18.8 Å². The van der Waals surface area contributed by atoms with Crippen molar-refractivity contribution in [3.63, 3.8) is 0 Å². The van der Waals surface area contributed by atoms with Gasteiger partial charge in [0.25, 0.3) is 0 Å². The second-order valence-corrected chi connectivity index (χ2v) is 7.78. The molecule has 1 fully saturated rings. The van der Waals surface area contributed by atoms with Gasteiger partial charge in [-0.05, 0) is 31.5 Å². The fourth-order valence-electron chi connectivity index (χ4n) is 3.43. The zero-order valence-corrected chi connectivity index (χ0v) is 16.6. The number of para-hydroxylation sites is 1. The van der Waals surface area contributed by atoms with E-state index in [0.29, 0.717) is 0 Å². The highest BCUT2D eigenvalue weighted by atomic mass is 32.2. The van der Waals surface area contributed by atoms with E-state index in [2.05, 4.69) is 76.0 Å². The molecule has 2 aromatic carbocycles. The van der Waals surface area contributed by atoms with Gasteiger partial charge in [-0.15, -0.1) is 10.2 Å². The van der Waals surface area contributed by atoms with E-state index < -0.39 is 0 Å². The molecule has 0 radical (unpaired) electrons. The Balaban J connectivity index is 1.64. The van der Waals surface area contributed by atoms with Gasteiger partial charge < -0.3 is 9.64 Å². The van der Waals surface area contributed by atoms with E-state index in [0.717, 1.165) is 48.8 Å². The summed E-state index contributed by atoms with van der Waals surface area (Å²) in [4.78, 5) is 2.25. The normalized spacial score (nSPS) is 14.5. The number of aromatic nitrogens is 3. The lowest BCUT2D eigenvalue weighted by Gasteiger charge is -2.27. The molecule has 140 valence electrons. The minimum absolute atomic E-state index is 0.729. The second kappa shape index (κ2) is 8.15. The maximum atomic E-state index is 5.50. The molecule has 0 amide bonds. The smallest absolute Gasteiger partial charge is 0.232 e. The minimum atomic E-state index is 0.729. The van der Waals surface area contributed by atoms with E-state index in [-0.39, 0.29) is 0 Å². The maximum absolute atomic E-state index is 5.50. The van der Waals surface area contributed by atoms with Crippen LogP contribution in [0.4, 0.5) is 5.95 Å². The first kappa shape index (κ1) is 18.1. The van der Waals surface area contributed by atoms with Crippen LogP contribution in [0.2, 0.25) is 0 Å². The number of thioether (sulfide) groups is 1. The van der Waals surface area contributed by atoms with Crippen molar-refractivity contribution >= 4 is 17.7 Å². The number of hydrogen-bond acceptors (Lipinski definition) is 5. The monoisotopic (exact) mass is 380 g/mol. The van der Waals surface area contributed by atoms with Gasteiger partial charge in [0.2, 0.25) is 5.95 Å². The molecule has 6 heteroatoms. The van der Waals surface area contributed by atoms with Crippen molar-refractivity contribution in [2.45, 2.75) is 24.8 Å². The summed E-state index contributed by atoms with van der Waals surface area (Å²) in [5, 5.41) is 9.97. The summed E-state index contributed by atoms with van der Waals surface area (Å²) in [6.07, 6.45) is 0. The second-order valence-electron chi connectivity index (χ2n) is 6.84. The molecule has 1 aliphatic rings. The fraction of sp³-hybridized carbons (Fsp3) is 0.333. The van der Waals surface area contributed by atoms with Crippen molar-refractivity contribution in [3.05, 3.63) is 65.2 Å². The SMILES string of the molecule is Cc1cc(C)cc(CSc2nnc(N3CCOCC3)n2-c2ccccc2)c1. The number of rotatable bonds is 5. The third kappa shape index (κ3) is 4.17. The highest BCUT2D eigenvalue weighted by Gasteiger charge is 2.21.